The third-order valence-electron chi connectivity index (χ3n) is 7.32. The van der Waals surface area contributed by atoms with E-state index >= 15 is 0 Å². The summed E-state index contributed by atoms with van der Waals surface area (Å²) in [4.78, 5) is 0. The summed E-state index contributed by atoms with van der Waals surface area (Å²) < 4.78 is 6.03. The second kappa shape index (κ2) is 16.6. The first kappa shape index (κ1) is 31.1. The molecule has 0 aromatic heterocycles. The Morgan fingerprint density at radius 1 is 0.550 bits per heavy atom. The van der Waals surface area contributed by atoms with Crippen molar-refractivity contribution in [2.45, 2.75) is 92.9 Å². The number of rotatable bonds is 15. The molecule has 0 unspecified atom stereocenters. The number of anilines is 4. The van der Waals surface area contributed by atoms with Crippen LogP contribution in [0.4, 0.5) is 22.7 Å². The highest BCUT2D eigenvalue weighted by Crippen LogP contribution is 2.39. The van der Waals surface area contributed by atoms with Crippen molar-refractivity contribution in [3.63, 3.8) is 0 Å². The molecule has 214 valence electrons. The van der Waals surface area contributed by atoms with Crippen LogP contribution in [0.2, 0.25) is 0 Å². The summed E-state index contributed by atoms with van der Waals surface area (Å²) in [6, 6.07) is 14.4. The molecular weight excluding hydrogens is 488 g/mol. The fraction of sp³-hybridized carbons (Fsp3) is 0.405. The molecule has 0 atom stereocenters. The number of benzene rings is 2. The third-order valence-corrected chi connectivity index (χ3v) is 7.32. The molecule has 3 rings (SSSR count). The molecule has 2 aromatic rings. The van der Waals surface area contributed by atoms with Crippen LogP contribution in [0.3, 0.4) is 0 Å². The highest BCUT2D eigenvalue weighted by Gasteiger charge is 2.14. The van der Waals surface area contributed by atoms with Crippen LogP contribution >= 0.6 is 0 Å². The number of allylic oxidation sites excluding steroid dienone is 9. The second-order valence-electron chi connectivity index (χ2n) is 11.5. The highest BCUT2D eigenvalue weighted by molar-refractivity contribution is 5.90. The van der Waals surface area contributed by atoms with E-state index < -0.39 is 0 Å². The first-order chi connectivity index (χ1) is 19.3. The van der Waals surface area contributed by atoms with Gasteiger partial charge in [0, 0.05) is 6.07 Å². The lowest BCUT2D eigenvalue weighted by atomic mass is 10.0. The quantitative estimate of drug-likeness (QED) is 0.189. The molecule has 0 amide bonds. The molecule has 1 heterocycles. The molecule has 0 saturated heterocycles. The topological polar surface area (TPSA) is 33.3 Å². The normalized spacial score (nSPS) is 13.7. The predicted octanol–water partition coefficient (Wildman–Crippen LogP) is 11.7. The number of nitrogens with one attached hydrogen (secondary N) is 2. The Hall–Kier alpha value is -3.46. The van der Waals surface area contributed by atoms with Crippen molar-refractivity contribution in [3.05, 3.63) is 101 Å². The van der Waals surface area contributed by atoms with Gasteiger partial charge in [-0.05, 0) is 123 Å². The SMILES string of the molecule is CC(C)=CCC/C(C)=C/CC/C(C)=C/CC/C(C)=C/CC/C(C)=C/COc1ccc2c(c1)Nc1ccccc1N2. The van der Waals surface area contributed by atoms with E-state index in [2.05, 4.69) is 107 Å². The lowest BCUT2D eigenvalue weighted by Gasteiger charge is -2.23. The summed E-state index contributed by atoms with van der Waals surface area (Å²) in [7, 11) is 0. The van der Waals surface area contributed by atoms with Crippen LogP contribution in [0.25, 0.3) is 0 Å². The van der Waals surface area contributed by atoms with Gasteiger partial charge in [-0.2, -0.15) is 0 Å². The summed E-state index contributed by atoms with van der Waals surface area (Å²) in [5.74, 6) is 0.876. The zero-order valence-electron chi connectivity index (χ0n) is 25.7. The Morgan fingerprint density at radius 2 is 1.00 bits per heavy atom. The molecule has 2 aromatic carbocycles. The Balaban J connectivity index is 1.31. The Bertz CT molecular complexity index is 1250. The zero-order valence-corrected chi connectivity index (χ0v) is 25.7. The third kappa shape index (κ3) is 11.3. The van der Waals surface area contributed by atoms with Crippen LogP contribution in [-0.4, -0.2) is 6.61 Å². The molecule has 1 aliphatic heterocycles. The van der Waals surface area contributed by atoms with Gasteiger partial charge in [-0.1, -0.05) is 64.3 Å². The van der Waals surface area contributed by atoms with Gasteiger partial charge in [-0.15, -0.1) is 0 Å². The number of ether oxygens (including phenoxy) is 1. The van der Waals surface area contributed by atoms with E-state index in [1.165, 1.54) is 40.7 Å². The van der Waals surface area contributed by atoms with E-state index in [9.17, 15) is 0 Å². The van der Waals surface area contributed by atoms with Crippen LogP contribution in [0, 0.1) is 0 Å². The van der Waals surface area contributed by atoms with Crippen LogP contribution in [0.1, 0.15) is 92.9 Å². The van der Waals surface area contributed by atoms with Gasteiger partial charge in [0.2, 0.25) is 0 Å². The lowest BCUT2D eigenvalue weighted by Crippen LogP contribution is -2.06. The number of fused-ring (bicyclic) bond motifs is 2. The number of hydrogen-bond donors (Lipinski definition) is 2. The molecule has 0 aliphatic carbocycles. The molecule has 2 N–H and O–H groups in total. The van der Waals surface area contributed by atoms with E-state index in [0.29, 0.717) is 6.61 Å². The lowest BCUT2D eigenvalue weighted by molar-refractivity contribution is 0.362. The van der Waals surface area contributed by atoms with E-state index in [1.54, 1.807) is 0 Å². The number of para-hydroxylation sites is 2. The summed E-state index contributed by atoms with van der Waals surface area (Å²) in [5.41, 5.74) is 11.6. The standard InChI is InChI=1S/C37H50N2O/c1-28(2)13-9-14-29(3)15-10-16-30(4)17-11-18-31(5)19-12-20-32(6)25-26-40-33-23-24-36-37(27-33)39-35-22-8-7-21-34(35)38-36/h7-8,13,15,17,19,21-25,27,38-39H,9-12,14,16,18,20,26H2,1-6H3/b29-15+,30-17+,31-19+,32-25+. The predicted molar refractivity (Wildman–Crippen MR) is 176 cm³/mol. The van der Waals surface area contributed by atoms with Gasteiger partial charge in [0.05, 0.1) is 22.7 Å². The largest absolute Gasteiger partial charge is 0.489 e. The average molecular weight is 539 g/mol. The van der Waals surface area contributed by atoms with Crippen LogP contribution in [0.15, 0.2) is 101 Å². The van der Waals surface area contributed by atoms with Gasteiger partial charge in [0.25, 0.3) is 0 Å². The molecule has 1 aliphatic rings. The maximum Gasteiger partial charge on any atom is 0.122 e. The van der Waals surface area contributed by atoms with Crippen molar-refractivity contribution >= 4 is 22.7 Å². The van der Waals surface area contributed by atoms with E-state index in [-0.39, 0.29) is 0 Å². The Kier molecular flexibility index (Phi) is 12.9. The van der Waals surface area contributed by atoms with Gasteiger partial charge in [0.15, 0.2) is 0 Å². The fourth-order valence-corrected chi connectivity index (χ4v) is 4.73. The van der Waals surface area contributed by atoms with Gasteiger partial charge in [0.1, 0.15) is 12.4 Å². The Morgan fingerprint density at radius 3 is 1.52 bits per heavy atom. The smallest absolute Gasteiger partial charge is 0.122 e. The Labute approximate surface area is 243 Å². The average Bonchev–Trinajstić information content (AvgIpc) is 2.91. The van der Waals surface area contributed by atoms with E-state index in [1.807, 2.05) is 18.2 Å². The molecule has 0 spiro atoms. The van der Waals surface area contributed by atoms with Crippen LogP contribution < -0.4 is 15.4 Å². The molecular formula is C37H50N2O. The van der Waals surface area contributed by atoms with Crippen molar-refractivity contribution in [2.24, 2.45) is 0 Å². The second-order valence-corrected chi connectivity index (χ2v) is 11.5. The summed E-state index contributed by atoms with van der Waals surface area (Å²) in [6.07, 6.45) is 20.9. The first-order valence-corrected chi connectivity index (χ1v) is 15.0. The summed E-state index contributed by atoms with van der Waals surface area (Å²) in [6.45, 7) is 13.9. The molecule has 40 heavy (non-hydrogen) atoms. The van der Waals surface area contributed by atoms with Gasteiger partial charge < -0.3 is 15.4 Å². The van der Waals surface area contributed by atoms with E-state index in [0.717, 1.165) is 67.0 Å². The summed E-state index contributed by atoms with van der Waals surface area (Å²) >= 11 is 0. The van der Waals surface area contributed by atoms with Crippen molar-refractivity contribution in [1.82, 2.24) is 0 Å². The van der Waals surface area contributed by atoms with Crippen molar-refractivity contribution in [3.8, 4) is 5.75 Å². The van der Waals surface area contributed by atoms with Gasteiger partial charge in [-0.25, -0.2) is 0 Å². The fourth-order valence-electron chi connectivity index (χ4n) is 4.73. The maximum absolute atomic E-state index is 6.03. The molecule has 3 nitrogen and oxygen atoms in total. The van der Waals surface area contributed by atoms with Gasteiger partial charge >= 0.3 is 0 Å². The van der Waals surface area contributed by atoms with E-state index in [4.69, 9.17) is 4.74 Å². The first-order valence-electron chi connectivity index (χ1n) is 15.0. The molecule has 3 heteroatoms. The molecule has 0 bridgehead atoms. The minimum absolute atomic E-state index is 0.589. The molecule has 0 saturated carbocycles. The van der Waals surface area contributed by atoms with Crippen molar-refractivity contribution in [2.75, 3.05) is 17.2 Å². The minimum atomic E-state index is 0.589. The van der Waals surface area contributed by atoms with Crippen LogP contribution in [-0.2, 0) is 0 Å². The zero-order chi connectivity index (χ0) is 28.7. The van der Waals surface area contributed by atoms with Gasteiger partial charge in [-0.3, -0.25) is 0 Å². The van der Waals surface area contributed by atoms with Crippen LogP contribution in [0.5, 0.6) is 5.75 Å². The van der Waals surface area contributed by atoms with Crippen molar-refractivity contribution < 1.29 is 4.74 Å². The molecule has 0 radical (unpaired) electrons. The minimum Gasteiger partial charge on any atom is -0.489 e. The maximum atomic E-state index is 6.03. The molecule has 0 fully saturated rings. The monoisotopic (exact) mass is 538 g/mol. The summed E-state index contributed by atoms with van der Waals surface area (Å²) in [5, 5.41) is 6.96. The highest BCUT2D eigenvalue weighted by atomic mass is 16.5. The number of hydrogen-bond acceptors (Lipinski definition) is 3. The van der Waals surface area contributed by atoms with Crippen molar-refractivity contribution in [1.29, 1.82) is 0 Å².